The van der Waals surface area contributed by atoms with Crippen LogP contribution in [0.4, 0.5) is 0 Å². The first kappa shape index (κ1) is 24.6. The van der Waals surface area contributed by atoms with Crippen LogP contribution in [0.5, 0.6) is 0 Å². The topological polar surface area (TPSA) is 22.2 Å². The zero-order valence-corrected chi connectivity index (χ0v) is 23.9. The van der Waals surface area contributed by atoms with E-state index < -0.39 is 0 Å². The van der Waals surface area contributed by atoms with Crippen LogP contribution in [0, 0.1) is 0 Å². The quantitative estimate of drug-likeness (QED) is 0.209. The molecule has 206 valence electrons. The van der Waals surface area contributed by atoms with Gasteiger partial charge in [0.1, 0.15) is 11.2 Å². The van der Waals surface area contributed by atoms with Gasteiger partial charge in [-0.05, 0) is 70.8 Å². The lowest BCUT2D eigenvalue weighted by atomic mass is 9.99. The summed E-state index contributed by atoms with van der Waals surface area (Å²) in [5, 5.41) is 2.42. The molecule has 0 N–H and O–H groups in total. The van der Waals surface area contributed by atoms with Gasteiger partial charge in [-0.25, -0.2) is 4.98 Å². The van der Waals surface area contributed by atoms with Gasteiger partial charge in [-0.3, -0.25) is 4.40 Å². The Morgan fingerprint density at radius 1 is 0.432 bits per heavy atom. The van der Waals surface area contributed by atoms with E-state index in [2.05, 4.69) is 173 Å². The predicted molar refractivity (Wildman–Crippen MR) is 183 cm³/mol. The average molecular weight is 562 g/mol. The summed E-state index contributed by atoms with van der Waals surface area (Å²) in [6.45, 7) is 0. The molecule has 3 heteroatoms. The van der Waals surface area contributed by atoms with Crippen molar-refractivity contribution in [2.24, 2.45) is 0 Å². The van der Waals surface area contributed by atoms with Crippen molar-refractivity contribution in [2.75, 3.05) is 0 Å². The number of benzene rings is 6. The highest BCUT2D eigenvalue weighted by atomic mass is 15.1. The van der Waals surface area contributed by atoms with Crippen LogP contribution < -0.4 is 0 Å². The van der Waals surface area contributed by atoms with Gasteiger partial charge in [0.2, 0.25) is 0 Å². The van der Waals surface area contributed by atoms with Crippen LogP contribution in [0.25, 0.3) is 77.7 Å². The fraction of sp³-hybridized carbons (Fsp3) is 0. The van der Waals surface area contributed by atoms with Crippen LogP contribution in [0.1, 0.15) is 0 Å². The molecule has 0 aliphatic heterocycles. The SMILES string of the molecule is c1ccc(-c2ccc3c(c2)c2ccc4c(nc5ccc(-c6ccccc6)c(-c6ccccc6)n54)c2n3-c2ccccc2)cc1. The van der Waals surface area contributed by atoms with Crippen molar-refractivity contribution in [2.45, 2.75) is 0 Å². The molecule has 9 rings (SSSR count). The molecule has 0 unspecified atom stereocenters. The minimum atomic E-state index is 0.931. The molecule has 0 saturated carbocycles. The van der Waals surface area contributed by atoms with Crippen LogP contribution in [0.15, 0.2) is 164 Å². The second kappa shape index (κ2) is 9.82. The molecule has 0 fully saturated rings. The Morgan fingerprint density at radius 2 is 1.05 bits per heavy atom. The summed E-state index contributed by atoms with van der Waals surface area (Å²) in [4.78, 5) is 5.37. The summed E-state index contributed by atoms with van der Waals surface area (Å²) < 4.78 is 4.73. The standard InChI is InChI=1S/C41H27N3/c1-5-13-28(14-6-1)31-21-24-36-35(27-31)34-22-25-37-39(41(34)43(36)32-19-11-4-12-20-32)42-38-26-23-33(29-15-7-2-8-16-29)40(44(37)38)30-17-9-3-10-18-30/h1-27H. The van der Waals surface area contributed by atoms with Crippen LogP contribution in [0.3, 0.4) is 0 Å². The minimum absolute atomic E-state index is 0.931. The molecule has 0 spiro atoms. The van der Waals surface area contributed by atoms with Gasteiger partial charge in [-0.1, -0.05) is 115 Å². The maximum atomic E-state index is 5.37. The predicted octanol–water partition coefficient (Wildman–Crippen LogP) is 10.6. The van der Waals surface area contributed by atoms with Gasteiger partial charge in [0.15, 0.2) is 0 Å². The van der Waals surface area contributed by atoms with Gasteiger partial charge in [0.25, 0.3) is 0 Å². The number of imidazole rings is 1. The molecule has 0 radical (unpaired) electrons. The van der Waals surface area contributed by atoms with E-state index in [1.54, 1.807) is 0 Å². The van der Waals surface area contributed by atoms with Crippen LogP contribution in [0.2, 0.25) is 0 Å². The Balaban J connectivity index is 1.43. The summed E-state index contributed by atoms with van der Waals surface area (Å²) in [6, 6.07) is 58.3. The fourth-order valence-corrected chi connectivity index (χ4v) is 6.75. The van der Waals surface area contributed by atoms with E-state index in [1.165, 1.54) is 38.5 Å². The largest absolute Gasteiger partial charge is 0.307 e. The number of hydrogen-bond donors (Lipinski definition) is 0. The van der Waals surface area contributed by atoms with E-state index in [9.17, 15) is 0 Å². The van der Waals surface area contributed by atoms with E-state index in [4.69, 9.17) is 4.98 Å². The van der Waals surface area contributed by atoms with Crippen molar-refractivity contribution in [3.05, 3.63) is 164 Å². The first-order chi connectivity index (χ1) is 21.8. The Morgan fingerprint density at radius 3 is 1.75 bits per heavy atom. The van der Waals surface area contributed by atoms with Crippen molar-refractivity contribution in [1.29, 1.82) is 0 Å². The molecule has 0 amide bonds. The van der Waals surface area contributed by atoms with Crippen molar-refractivity contribution in [1.82, 2.24) is 14.0 Å². The highest BCUT2D eigenvalue weighted by Crippen LogP contribution is 2.41. The third-order valence-electron chi connectivity index (χ3n) is 8.71. The fourth-order valence-electron chi connectivity index (χ4n) is 6.75. The molecule has 3 heterocycles. The monoisotopic (exact) mass is 561 g/mol. The van der Waals surface area contributed by atoms with Crippen LogP contribution in [-0.4, -0.2) is 14.0 Å². The highest BCUT2D eigenvalue weighted by molar-refractivity contribution is 6.18. The average Bonchev–Trinajstić information content (AvgIpc) is 3.65. The van der Waals surface area contributed by atoms with Crippen LogP contribution in [-0.2, 0) is 0 Å². The second-order valence-electron chi connectivity index (χ2n) is 11.2. The van der Waals surface area contributed by atoms with Gasteiger partial charge < -0.3 is 4.57 Å². The first-order valence-corrected chi connectivity index (χ1v) is 15.0. The van der Waals surface area contributed by atoms with E-state index in [0.29, 0.717) is 0 Å². The minimum Gasteiger partial charge on any atom is -0.307 e. The number of nitrogens with zero attached hydrogens (tertiary/aromatic N) is 3. The van der Waals surface area contributed by atoms with Crippen LogP contribution >= 0.6 is 0 Å². The lowest BCUT2D eigenvalue weighted by Gasteiger charge is -2.14. The summed E-state index contributed by atoms with van der Waals surface area (Å²) >= 11 is 0. The highest BCUT2D eigenvalue weighted by Gasteiger charge is 2.21. The van der Waals surface area contributed by atoms with Crippen molar-refractivity contribution in [3.63, 3.8) is 0 Å². The van der Waals surface area contributed by atoms with Gasteiger partial charge in [0, 0.05) is 22.0 Å². The summed E-state index contributed by atoms with van der Waals surface area (Å²) in [7, 11) is 0. The third-order valence-corrected chi connectivity index (χ3v) is 8.71. The number of fused-ring (bicyclic) bond motifs is 7. The summed E-state index contributed by atoms with van der Waals surface area (Å²) in [5.74, 6) is 0. The van der Waals surface area contributed by atoms with Gasteiger partial charge in [0.05, 0.1) is 22.2 Å². The maximum absolute atomic E-state index is 5.37. The molecule has 44 heavy (non-hydrogen) atoms. The molecule has 9 aromatic rings. The van der Waals surface area contributed by atoms with Gasteiger partial charge in [-0.15, -0.1) is 0 Å². The Kier molecular flexibility index (Phi) is 5.50. The lowest BCUT2D eigenvalue weighted by molar-refractivity contribution is 1.18. The van der Waals surface area contributed by atoms with Crippen molar-refractivity contribution < 1.29 is 0 Å². The normalized spacial score (nSPS) is 11.6. The molecule has 3 aromatic heterocycles. The van der Waals surface area contributed by atoms with Crippen molar-refractivity contribution >= 4 is 38.5 Å². The molecule has 0 aliphatic carbocycles. The molecular formula is C41H27N3. The maximum Gasteiger partial charge on any atom is 0.138 e. The third kappa shape index (κ3) is 3.73. The molecule has 3 nitrogen and oxygen atoms in total. The number of pyridine rings is 1. The number of rotatable bonds is 4. The number of hydrogen-bond acceptors (Lipinski definition) is 1. The Labute approximate surface area is 254 Å². The van der Waals surface area contributed by atoms with E-state index in [-0.39, 0.29) is 0 Å². The molecule has 0 saturated heterocycles. The lowest BCUT2D eigenvalue weighted by Crippen LogP contribution is -1.96. The van der Waals surface area contributed by atoms with Gasteiger partial charge >= 0.3 is 0 Å². The Hall–Kier alpha value is -5.93. The smallest absolute Gasteiger partial charge is 0.138 e. The van der Waals surface area contributed by atoms with E-state index in [0.717, 1.165) is 39.1 Å². The first-order valence-electron chi connectivity index (χ1n) is 15.0. The van der Waals surface area contributed by atoms with Gasteiger partial charge in [-0.2, -0.15) is 0 Å². The summed E-state index contributed by atoms with van der Waals surface area (Å²) in [5.41, 5.74) is 13.5. The Bertz CT molecular complexity index is 2460. The van der Waals surface area contributed by atoms with E-state index >= 15 is 0 Å². The van der Waals surface area contributed by atoms with Crippen molar-refractivity contribution in [3.8, 4) is 39.2 Å². The number of aromatic nitrogens is 3. The second-order valence-corrected chi connectivity index (χ2v) is 11.2. The molecule has 0 aliphatic rings. The molecule has 6 aromatic carbocycles. The molecule has 0 atom stereocenters. The van der Waals surface area contributed by atoms with E-state index in [1.807, 2.05) is 0 Å². The summed E-state index contributed by atoms with van der Waals surface area (Å²) in [6.07, 6.45) is 0. The zero-order valence-electron chi connectivity index (χ0n) is 23.9. The molecule has 0 bridgehead atoms. The zero-order chi connectivity index (χ0) is 29.0. The molecular weight excluding hydrogens is 534 g/mol. The number of para-hydroxylation sites is 1.